The highest BCUT2D eigenvalue weighted by molar-refractivity contribution is 6.02. The number of aryl methyl sites for hydroxylation is 1. The number of halogens is 3. The van der Waals surface area contributed by atoms with Gasteiger partial charge in [0.25, 0.3) is 0 Å². The normalized spacial score (nSPS) is 13.4. The van der Waals surface area contributed by atoms with Crippen molar-refractivity contribution in [2.24, 2.45) is 5.92 Å². The number of hydrogen-bond acceptors (Lipinski definition) is 7. The van der Waals surface area contributed by atoms with E-state index in [9.17, 15) is 18.0 Å². The van der Waals surface area contributed by atoms with Gasteiger partial charge in [0, 0.05) is 34.1 Å². The Bertz CT molecular complexity index is 1790. The number of anilines is 3. The second kappa shape index (κ2) is 9.74. The molecule has 0 saturated heterocycles. The van der Waals surface area contributed by atoms with Crippen molar-refractivity contribution in [1.82, 2.24) is 19.9 Å². The number of methoxy groups -OCH3 is 1. The van der Waals surface area contributed by atoms with Crippen molar-refractivity contribution in [3.8, 4) is 16.9 Å². The number of nitrogens with zero attached hydrogens (tertiary/aromatic N) is 4. The lowest BCUT2D eigenvalue weighted by atomic mass is 9.96. The highest BCUT2D eigenvalue weighted by atomic mass is 19.4. The van der Waals surface area contributed by atoms with Crippen LogP contribution >= 0.6 is 0 Å². The Morgan fingerprint density at radius 3 is 2.60 bits per heavy atom. The largest absolute Gasteiger partial charge is 0.496 e. The van der Waals surface area contributed by atoms with Crippen molar-refractivity contribution in [2.45, 2.75) is 25.9 Å². The summed E-state index contributed by atoms with van der Waals surface area (Å²) in [7, 11) is 1.20. The molecule has 1 aliphatic rings. The maximum Gasteiger partial charge on any atom is 0.420 e. The number of carbonyl (C=O) groups excluding carboxylic acids is 1. The van der Waals surface area contributed by atoms with E-state index in [2.05, 4.69) is 30.6 Å². The second-order valence-corrected chi connectivity index (χ2v) is 9.64. The Morgan fingerprint density at radius 1 is 1.02 bits per heavy atom. The lowest BCUT2D eigenvalue weighted by Crippen LogP contribution is -2.15. The summed E-state index contributed by atoms with van der Waals surface area (Å²) in [5.41, 5.74) is 3.31. The Balaban J connectivity index is 1.37. The van der Waals surface area contributed by atoms with Crippen LogP contribution in [-0.2, 0) is 11.0 Å². The summed E-state index contributed by atoms with van der Waals surface area (Å²) in [5.74, 6) is 0.365. The molecule has 0 radical (unpaired) electrons. The number of fused-ring (bicyclic) bond motifs is 2. The molecule has 5 aromatic rings. The Kier molecular flexibility index (Phi) is 6.21. The van der Waals surface area contributed by atoms with E-state index < -0.39 is 11.7 Å². The third-order valence-electron chi connectivity index (χ3n) is 6.83. The molecule has 0 unspecified atom stereocenters. The monoisotopic (exact) mass is 544 g/mol. The SMILES string of the molecule is COc1ccc(Nc2ncnc3c(-c4ccc5nc(NC(=O)C6CC6)ncc5c4)c(C)ccc23)cc1C(F)(F)F. The smallest absolute Gasteiger partial charge is 0.420 e. The van der Waals surface area contributed by atoms with E-state index >= 15 is 0 Å². The summed E-state index contributed by atoms with van der Waals surface area (Å²) >= 11 is 0. The topological polar surface area (TPSA) is 102 Å². The van der Waals surface area contributed by atoms with Crippen LogP contribution < -0.4 is 15.4 Å². The van der Waals surface area contributed by atoms with Crippen LogP contribution in [-0.4, -0.2) is 33.0 Å². The molecule has 1 fully saturated rings. The van der Waals surface area contributed by atoms with Crippen molar-refractivity contribution in [3.63, 3.8) is 0 Å². The van der Waals surface area contributed by atoms with Gasteiger partial charge in [-0.2, -0.15) is 13.2 Å². The molecular weight excluding hydrogens is 521 g/mol. The van der Waals surface area contributed by atoms with Gasteiger partial charge >= 0.3 is 6.18 Å². The van der Waals surface area contributed by atoms with Crippen LogP contribution in [0.2, 0.25) is 0 Å². The number of benzene rings is 3. The molecule has 0 spiro atoms. The molecule has 40 heavy (non-hydrogen) atoms. The summed E-state index contributed by atoms with van der Waals surface area (Å²) in [6.45, 7) is 1.96. The van der Waals surface area contributed by atoms with Gasteiger partial charge in [0.15, 0.2) is 0 Å². The van der Waals surface area contributed by atoms with E-state index in [0.29, 0.717) is 22.2 Å². The number of aromatic nitrogens is 4. The number of nitrogens with one attached hydrogen (secondary N) is 2. The summed E-state index contributed by atoms with van der Waals surface area (Å²) in [6, 6.07) is 13.2. The molecule has 2 aromatic heterocycles. The molecule has 2 heterocycles. The third-order valence-corrected chi connectivity index (χ3v) is 6.83. The standard InChI is InChI=1S/C29H23F3N6O2/c1-15-3-8-20-25(34-14-35-26(20)36-19-7-10-23(40-2)21(12-19)29(30,31)32)24(15)17-6-9-22-18(11-17)13-33-28(37-22)38-27(39)16-4-5-16/h3,6-14,16H,4-5H2,1-2H3,(H,34,35,36)(H,33,37,38,39). The zero-order valence-electron chi connectivity index (χ0n) is 21.5. The van der Waals surface area contributed by atoms with Gasteiger partial charge in [0.2, 0.25) is 11.9 Å². The number of hydrogen-bond donors (Lipinski definition) is 2. The highest BCUT2D eigenvalue weighted by Crippen LogP contribution is 2.39. The first kappa shape index (κ1) is 25.5. The first-order chi connectivity index (χ1) is 19.2. The van der Waals surface area contributed by atoms with Crippen molar-refractivity contribution in [3.05, 3.63) is 72.2 Å². The van der Waals surface area contributed by atoms with Crippen LogP contribution in [0.5, 0.6) is 5.75 Å². The van der Waals surface area contributed by atoms with E-state index in [4.69, 9.17) is 4.74 Å². The van der Waals surface area contributed by atoms with Gasteiger partial charge in [-0.25, -0.2) is 19.9 Å². The Labute approximate surface area is 226 Å². The molecule has 0 aliphatic heterocycles. The summed E-state index contributed by atoms with van der Waals surface area (Å²) in [6.07, 6.45) is 0.245. The lowest BCUT2D eigenvalue weighted by molar-refractivity contribution is -0.138. The number of rotatable bonds is 6. The van der Waals surface area contributed by atoms with Gasteiger partial charge in [-0.1, -0.05) is 12.1 Å². The third kappa shape index (κ3) is 4.86. The average Bonchev–Trinajstić information content (AvgIpc) is 3.78. The molecule has 2 N–H and O–H groups in total. The summed E-state index contributed by atoms with van der Waals surface area (Å²) in [5, 5.41) is 7.20. The van der Waals surface area contributed by atoms with E-state index in [0.717, 1.165) is 41.0 Å². The number of alkyl halides is 3. The summed E-state index contributed by atoms with van der Waals surface area (Å²) < 4.78 is 45.6. The number of ether oxygens (including phenoxy) is 1. The summed E-state index contributed by atoms with van der Waals surface area (Å²) in [4.78, 5) is 29.7. The van der Waals surface area contributed by atoms with Gasteiger partial charge in [0.05, 0.1) is 23.7 Å². The minimum absolute atomic E-state index is 0.0498. The Morgan fingerprint density at radius 2 is 1.85 bits per heavy atom. The average molecular weight is 545 g/mol. The van der Waals surface area contributed by atoms with Crippen LogP contribution in [0.4, 0.5) is 30.6 Å². The van der Waals surface area contributed by atoms with Gasteiger partial charge in [0.1, 0.15) is 17.9 Å². The molecular formula is C29H23F3N6O2. The van der Waals surface area contributed by atoms with Crippen molar-refractivity contribution in [1.29, 1.82) is 0 Å². The maximum atomic E-state index is 13.6. The van der Waals surface area contributed by atoms with Crippen LogP contribution in [0, 0.1) is 12.8 Å². The zero-order valence-corrected chi connectivity index (χ0v) is 21.5. The quantitative estimate of drug-likeness (QED) is 0.246. The Hall–Kier alpha value is -4.80. The second-order valence-electron chi connectivity index (χ2n) is 9.64. The first-order valence-corrected chi connectivity index (χ1v) is 12.6. The van der Waals surface area contributed by atoms with E-state index in [-0.39, 0.29) is 29.2 Å². The van der Waals surface area contributed by atoms with Crippen molar-refractivity contribution in [2.75, 3.05) is 17.7 Å². The molecule has 11 heteroatoms. The zero-order chi connectivity index (χ0) is 28.0. The van der Waals surface area contributed by atoms with Gasteiger partial charge in [-0.3, -0.25) is 10.1 Å². The van der Waals surface area contributed by atoms with E-state index in [1.165, 1.54) is 25.6 Å². The van der Waals surface area contributed by atoms with E-state index in [1.54, 1.807) is 6.20 Å². The molecule has 6 rings (SSSR count). The molecule has 1 saturated carbocycles. The van der Waals surface area contributed by atoms with Crippen LogP contribution in [0.15, 0.2) is 61.1 Å². The van der Waals surface area contributed by atoms with Gasteiger partial charge in [-0.15, -0.1) is 0 Å². The molecule has 0 bridgehead atoms. The molecule has 1 amide bonds. The maximum absolute atomic E-state index is 13.6. The number of carbonyl (C=O) groups is 1. The molecule has 0 atom stereocenters. The molecule has 202 valence electrons. The van der Waals surface area contributed by atoms with Crippen molar-refractivity contribution >= 4 is 45.2 Å². The lowest BCUT2D eigenvalue weighted by Gasteiger charge is -2.16. The van der Waals surface area contributed by atoms with Gasteiger partial charge in [-0.05, 0) is 67.3 Å². The van der Waals surface area contributed by atoms with Crippen LogP contribution in [0.3, 0.4) is 0 Å². The molecule has 3 aromatic carbocycles. The van der Waals surface area contributed by atoms with Gasteiger partial charge < -0.3 is 10.1 Å². The first-order valence-electron chi connectivity index (χ1n) is 12.6. The van der Waals surface area contributed by atoms with E-state index in [1.807, 2.05) is 37.3 Å². The fourth-order valence-corrected chi connectivity index (χ4v) is 4.65. The van der Waals surface area contributed by atoms with Crippen molar-refractivity contribution < 1.29 is 22.7 Å². The molecule has 1 aliphatic carbocycles. The fraction of sp³-hybridized carbons (Fsp3) is 0.207. The fourth-order valence-electron chi connectivity index (χ4n) is 4.65. The van der Waals surface area contributed by atoms with Crippen LogP contribution in [0.1, 0.15) is 24.0 Å². The molecule has 8 nitrogen and oxygen atoms in total. The van der Waals surface area contributed by atoms with Crippen LogP contribution in [0.25, 0.3) is 32.9 Å². The predicted molar refractivity (Wildman–Crippen MR) is 145 cm³/mol. The highest BCUT2D eigenvalue weighted by Gasteiger charge is 2.34. The predicted octanol–water partition coefficient (Wildman–Crippen LogP) is 6.67. The number of amides is 1. The minimum Gasteiger partial charge on any atom is -0.496 e. The minimum atomic E-state index is -4.58.